The lowest BCUT2D eigenvalue weighted by atomic mass is 10.0. The second-order valence-electron chi connectivity index (χ2n) is 6.30. The lowest BCUT2D eigenvalue weighted by Gasteiger charge is -2.32. The van der Waals surface area contributed by atoms with Crippen LogP contribution in [-0.4, -0.2) is 14.0 Å². The van der Waals surface area contributed by atoms with E-state index in [0.29, 0.717) is 0 Å². The SMILES string of the molecule is C=C1[C@H]2C(=O)O[C@@H](c3ccccc3)[C@@]12[Si](C)(C)C. The van der Waals surface area contributed by atoms with Crippen molar-refractivity contribution in [1.82, 2.24) is 0 Å². The van der Waals surface area contributed by atoms with Crippen molar-refractivity contribution in [1.29, 1.82) is 0 Å². The summed E-state index contributed by atoms with van der Waals surface area (Å²) in [5, 5.41) is -0.0779. The fourth-order valence-electron chi connectivity index (χ4n) is 3.60. The van der Waals surface area contributed by atoms with E-state index in [9.17, 15) is 4.79 Å². The molecule has 0 radical (unpaired) electrons. The highest BCUT2D eigenvalue weighted by molar-refractivity contribution is 6.82. The normalized spacial score (nSPS) is 34.2. The summed E-state index contributed by atoms with van der Waals surface area (Å²) in [6.07, 6.45) is -0.115. The minimum atomic E-state index is -1.57. The van der Waals surface area contributed by atoms with Gasteiger partial charge in [0.15, 0.2) is 0 Å². The molecule has 0 bridgehead atoms. The van der Waals surface area contributed by atoms with Crippen LogP contribution in [0.5, 0.6) is 0 Å². The summed E-state index contributed by atoms with van der Waals surface area (Å²) in [5.41, 5.74) is 2.21. The molecule has 1 aromatic carbocycles. The van der Waals surface area contributed by atoms with E-state index in [1.807, 2.05) is 30.3 Å². The molecule has 3 atom stereocenters. The summed E-state index contributed by atoms with van der Waals surface area (Å²) in [6.45, 7) is 11.1. The van der Waals surface area contributed by atoms with Crippen LogP contribution in [0.4, 0.5) is 0 Å². The second kappa shape index (κ2) is 3.35. The molecule has 2 nitrogen and oxygen atoms in total. The largest absolute Gasteiger partial charge is 0.456 e. The van der Waals surface area contributed by atoms with Gasteiger partial charge >= 0.3 is 5.97 Å². The number of carbonyl (C=O) groups is 1. The fraction of sp³-hybridized carbons (Fsp3) is 0.400. The molecule has 0 N–H and O–H groups in total. The Morgan fingerprint density at radius 1 is 1.22 bits per heavy atom. The molecule has 94 valence electrons. The molecule has 3 heteroatoms. The smallest absolute Gasteiger partial charge is 0.314 e. The first-order valence-electron chi connectivity index (χ1n) is 6.35. The molecule has 1 saturated carbocycles. The standard InChI is InChI=1S/C15H18O2Si/c1-10-12-14(16)17-13(11-8-6-5-7-9-11)15(10,12)18(2,3)4/h5-9,12-13H,1H2,2-4H3/t12-,13-,15+/m0/s1. The Balaban J connectivity index is 2.11. The van der Waals surface area contributed by atoms with E-state index in [1.54, 1.807) is 0 Å². The van der Waals surface area contributed by atoms with Crippen molar-refractivity contribution in [3.05, 3.63) is 48.0 Å². The first-order valence-corrected chi connectivity index (χ1v) is 9.85. The third kappa shape index (κ3) is 1.20. The highest BCUT2D eigenvalue weighted by Crippen LogP contribution is 2.80. The van der Waals surface area contributed by atoms with Gasteiger partial charge in [0.25, 0.3) is 0 Å². The van der Waals surface area contributed by atoms with Crippen LogP contribution in [0, 0.1) is 5.92 Å². The third-order valence-electron chi connectivity index (χ3n) is 4.48. The van der Waals surface area contributed by atoms with Gasteiger partial charge in [-0.05, 0) is 5.56 Å². The third-order valence-corrected chi connectivity index (χ3v) is 7.83. The van der Waals surface area contributed by atoms with Crippen LogP contribution in [-0.2, 0) is 9.53 Å². The fourth-order valence-corrected chi connectivity index (χ4v) is 6.81. The molecule has 0 spiro atoms. The van der Waals surface area contributed by atoms with Crippen molar-refractivity contribution in [3.8, 4) is 0 Å². The number of cyclic esters (lactones) is 1. The Labute approximate surface area is 109 Å². The molecule has 18 heavy (non-hydrogen) atoms. The molecular formula is C15H18O2Si. The summed E-state index contributed by atoms with van der Waals surface area (Å²) in [5.74, 6) is -0.120. The number of carbonyl (C=O) groups excluding carboxylic acids is 1. The maximum atomic E-state index is 12.0. The van der Waals surface area contributed by atoms with Crippen LogP contribution in [0.1, 0.15) is 11.7 Å². The Bertz CT molecular complexity index is 529. The Hall–Kier alpha value is -1.35. The van der Waals surface area contributed by atoms with Crippen LogP contribution in [0.15, 0.2) is 42.5 Å². The summed E-state index contributed by atoms with van der Waals surface area (Å²) in [7, 11) is -1.57. The van der Waals surface area contributed by atoms with E-state index in [-0.39, 0.29) is 23.0 Å². The maximum absolute atomic E-state index is 12.0. The molecular weight excluding hydrogens is 240 g/mol. The lowest BCUT2D eigenvalue weighted by Crippen LogP contribution is -2.34. The number of benzene rings is 1. The van der Waals surface area contributed by atoms with Crippen LogP contribution in [0.2, 0.25) is 24.7 Å². The highest BCUT2D eigenvalue weighted by atomic mass is 28.3. The first-order chi connectivity index (χ1) is 8.40. The maximum Gasteiger partial charge on any atom is 0.314 e. The molecule has 2 aliphatic rings. The van der Waals surface area contributed by atoms with Gasteiger partial charge in [-0.25, -0.2) is 0 Å². The minimum absolute atomic E-state index is 0.0469. The van der Waals surface area contributed by atoms with Crippen molar-refractivity contribution in [2.45, 2.75) is 30.8 Å². The lowest BCUT2D eigenvalue weighted by molar-refractivity contribution is -0.144. The molecule has 0 unspecified atom stereocenters. The van der Waals surface area contributed by atoms with E-state index in [2.05, 4.69) is 26.2 Å². The number of rotatable bonds is 2. The Kier molecular flexibility index (Phi) is 2.18. The van der Waals surface area contributed by atoms with Crippen molar-refractivity contribution < 1.29 is 9.53 Å². The van der Waals surface area contributed by atoms with Crippen LogP contribution >= 0.6 is 0 Å². The second-order valence-corrected chi connectivity index (χ2v) is 11.6. The minimum Gasteiger partial charge on any atom is -0.456 e. The average molecular weight is 258 g/mol. The molecule has 1 heterocycles. The van der Waals surface area contributed by atoms with Crippen molar-refractivity contribution >= 4 is 14.0 Å². The van der Waals surface area contributed by atoms with Gasteiger partial charge < -0.3 is 4.74 Å². The quantitative estimate of drug-likeness (QED) is 0.461. The van der Waals surface area contributed by atoms with Gasteiger partial charge in [0.05, 0.1) is 14.0 Å². The Morgan fingerprint density at radius 3 is 2.33 bits per heavy atom. The zero-order valence-electron chi connectivity index (χ0n) is 11.1. The number of ether oxygens (including phenoxy) is 1. The molecule has 1 aliphatic heterocycles. The zero-order valence-corrected chi connectivity index (χ0v) is 12.1. The van der Waals surface area contributed by atoms with Gasteiger partial charge in [0, 0.05) is 5.04 Å². The molecule has 2 fully saturated rings. The molecule has 1 aliphatic carbocycles. The molecule has 0 amide bonds. The zero-order chi connectivity index (χ0) is 13.1. The first kappa shape index (κ1) is 11.7. The van der Waals surface area contributed by atoms with Gasteiger partial charge in [0.1, 0.15) is 6.10 Å². The van der Waals surface area contributed by atoms with Crippen molar-refractivity contribution in [3.63, 3.8) is 0 Å². The van der Waals surface area contributed by atoms with Crippen LogP contribution < -0.4 is 0 Å². The predicted molar refractivity (Wildman–Crippen MR) is 73.9 cm³/mol. The van der Waals surface area contributed by atoms with Crippen LogP contribution in [0.25, 0.3) is 0 Å². The van der Waals surface area contributed by atoms with E-state index in [0.717, 1.165) is 11.1 Å². The van der Waals surface area contributed by atoms with E-state index in [4.69, 9.17) is 4.74 Å². The number of esters is 1. The summed E-state index contributed by atoms with van der Waals surface area (Å²) in [4.78, 5) is 12.0. The predicted octanol–water partition coefficient (Wildman–Crippen LogP) is 3.55. The topological polar surface area (TPSA) is 26.3 Å². The number of fused-ring (bicyclic) bond motifs is 1. The summed E-state index contributed by atoms with van der Waals surface area (Å²) >= 11 is 0. The molecule has 1 saturated heterocycles. The van der Waals surface area contributed by atoms with E-state index < -0.39 is 8.07 Å². The van der Waals surface area contributed by atoms with Gasteiger partial charge in [-0.3, -0.25) is 4.79 Å². The van der Waals surface area contributed by atoms with Gasteiger partial charge in [0.2, 0.25) is 0 Å². The Morgan fingerprint density at radius 2 is 1.83 bits per heavy atom. The van der Waals surface area contributed by atoms with Gasteiger partial charge in [-0.1, -0.05) is 62.1 Å². The summed E-state index contributed by atoms with van der Waals surface area (Å²) < 4.78 is 5.64. The number of hydrogen-bond acceptors (Lipinski definition) is 2. The van der Waals surface area contributed by atoms with Crippen molar-refractivity contribution in [2.24, 2.45) is 5.92 Å². The van der Waals surface area contributed by atoms with Gasteiger partial charge in [-0.15, -0.1) is 0 Å². The van der Waals surface area contributed by atoms with E-state index in [1.165, 1.54) is 0 Å². The average Bonchev–Trinajstić information content (AvgIpc) is 2.79. The highest BCUT2D eigenvalue weighted by Gasteiger charge is 2.78. The van der Waals surface area contributed by atoms with Crippen molar-refractivity contribution in [2.75, 3.05) is 0 Å². The summed E-state index contributed by atoms with van der Waals surface area (Å²) in [6, 6.07) is 10.1. The molecule has 3 rings (SSSR count). The monoisotopic (exact) mass is 258 g/mol. The van der Waals surface area contributed by atoms with Crippen LogP contribution in [0.3, 0.4) is 0 Å². The van der Waals surface area contributed by atoms with Gasteiger partial charge in [-0.2, -0.15) is 0 Å². The number of hydrogen-bond donors (Lipinski definition) is 0. The van der Waals surface area contributed by atoms with E-state index >= 15 is 0 Å². The molecule has 0 aromatic heterocycles. The molecule has 1 aromatic rings.